The van der Waals surface area contributed by atoms with Crippen LogP contribution in [0.15, 0.2) is 18.2 Å². The van der Waals surface area contributed by atoms with Crippen molar-refractivity contribution >= 4 is 5.82 Å². The number of nitrogens with one attached hydrogen (secondary N) is 1. The summed E-state index contributed by atoms with van der Waals surface area (Å²) >= 11 is 0. The molecule has 3 heteroatoms. The first-order valence-electron chi connectivity index (χ1n) is 7.50. The molecule has 0 radical (unpaired) electrons. The van der Waals surface area contributed by atoms with E-state index in [1.54, 1.807) is 0 Å². The highest BCUT2D eigenvalue weighted by Gasteiger charge is 2.24. The van der Waals surface area contributed by atoms with Crippen LogP contribution in [0.25, 0.3) is 0 Å². The summed E-state index contributed by atoms with van der Waals surface area (Å²) in [6.45, 7) is 8.29. The molecule has 1 fully saturated rings. The summed E-state index contributed by atoms with van der Waals surface area (Å²) in [5.41, 5.74) is 1.02. The predicted molar refractivity (Wildman–Crippen MR) is 79.2 cm³/mol. The third kappa shape index (κ3) is 4.20. The first kappa shape index (κ1) is 14.3. The third-order valence-electron chi connectivity index (χ3n) is 4.18. The lowest BCUT2D eigenvalue weighted by Gasteiger charge is -2.31. The Balaban J connectivity index is 1.83. The molecular formula is C16H26N2O. The highest BCUT2D eigenvalue weighted by atomic mass is 16.5. The van der Waals surface area contributed by atoms with Crippen molar-refractivity contribution in [3.05, 3.63) is 23.9 Å². The van der Waals surface area contributed by atoms with Gasteiger partial charge in [0.05, 0.1) is 18.4 Å². The van der Waals surface area contributed by atoms with Crippen LogP contribution in [-0.4, -0.2) is 17.6 Å². The number of hydrogen-bond acceptors (Lipinski definition) is 3. The van der Waals surface area contributed by atoms with E-state index in [9.17, 15) is 0 Å². The van der Waals surface area contributed by atoms with E-state index >= 15 is 0 Å². The van der Waals surface area contributed by atoms with Crippen LogP contribution in [0.1, 0.15) is 45.7 Å². The highest BCUT2D eigenvalue weighted by molar-refractivity contribution is 5.34. The molecule has 3 atom stereocenters. The standard InChI is InChI=1S/C16H26N2O/c1-4-17-16-7-5-6-14(18-16)11-19-15-9-8-12(2)13(3)10-15/h5-7,12-13,15H,4,8-11H2,1-3H3,(H,17,18). The lowest BCUT2D eigenvalue weighted by molar-refractivity contribution is -0.00871. The molecular weight excluding hydrogens is 236 g/mol. The van der Waals surface area contributed by atoms with Gasteiger partial charge in [0.25, 0.3) is 0 Å². The number of ether oxygens (including phenoxy) is 1. The molecule has 1 aromatic heterocycles. The molecule has 0 saturated heterocycles. The summed E-state index contributed by atoms with van der Waals surface area (Å²) in [6.07, 6.45) is 4.08. The van der Waals surface area contributed by atoms with Gasteiger partial charge in [-0.25, -0.2) is 4.98 Å². The number of pyridine rings is 1. The summed E-state index contributed by atoms with van der Waals surface area (Å²) in [7, 11) is 0. The van der Waals surface area contributed by atoms with Crippen molar-refractivity contribution in [3.63, 3.8) is 0 Å². The number of rotatable bonds is 5. The zero-order chi connectivity index (χ0) is 13.7. The molecule has 1 aromatic rings. The van der Waals surface area contributed by atoms with Crippen LogP contribution in [0.5, 0.6) is 0 Å². The van der Waals surface area contributed by atoms with Crippen LogP contribution >= 0.6 is 0 Å². The Bertz CT molecular complexity index is 394. The van der Waals surface area contributed by atoms with Gasteiger partial charge in [-0.1, -0.05) is 19.9 Å². The molecule has 0 aliphatic heterocycles. The minimum Gasteiger partial charge on any atom is -0.372 e. The van der Waals surface area contributed by atoms with Gasteiger partial charge in [-0.3, -0.25) is 0 Å². The maximum absolute atomic E-state index is 6.03. The molecule has 0 aromatic carbocycles. The van der Waals surface area contributed by atoms with Crippen LogP contribution in [-0.2, 0) is 11.3 Å². The quantitative estimate of drug-likeness (QED) is 0.875. The van der Waals surface area contributed by atoms with Crippen molar-refractivity contribution in [2.24, 2.45) is 11.8 Å². The molecule has 3 unspecified atom stereocenters. The predicted octanol–water partition coefficient (Wildman–Crippen LogP) is 3.85. The van der Waals surface area contributed by atoms with Crippen molar-refractivity contribution in [3.8, 4) is 0 Å². The Morgan fingerprint density at radius 1 is 1.26 bits per heavy atom. The maximum atomic E-state index is 6.03. The molecule has 0 amide bonds. The SMILES string of the molecule is CCNc1cccc(COC2CCC(C)C(C)C2)n1. The number of nitrogens with zero attached hydrogens (tertiary/aromatic N) is 1. The van der Waals surface area contributed by atoms with Crippen molar-refractivity contribution < 1.29 is 4.74 Å². The van der Waals surface area contributed by atoms with Crippen molar-refractivity contribution in [1.29, 1.82) is 0 Å². The fourth-order valence-electron chi connectivity index (χ4n) is 2.69. The molecule has 1 N–H and O–H groups in total. The Labute approximate surface area is 116 Å². The van der Waals surface area contributed by atoms with Crippen LogP contribution < -0.4 is 5.32 Å². The summed E-state index contributed by atoms with van der Waals surface area (Å²) in [6, 6.07) is 6.07. The van der Waals surface area contributed by atoms with E-state index in [1.165, 1.54) is 19.3 Å². The van der Waals surface area contributed by atoms with E-state index in [0.717, 1.165) is 29.9 Å². The molecule has 0 spiro atoms. The van der Waals surface area contributed by atoms with Crippen LogP contribution in [0.4, 0.5) is 5.82 Å². The summed E-state index contributed by atoms with van der Waals surface area (Å²) < 4.78 is 6.03. The van der Waals surface area contributed by atoms with E-state index in [2.05, 4.69) is 31.1 Å². The second-order valence-electron chi connectivity index (χ2n) is 5.75. The Kier molecular flexibility index (Phi) is 5.20. The van der Waals surface area contributed by atoms with Gasteiger partial charge in [-0.15, -0.1) is 0 Å². The molecule has 106 valence electrons. The van der Waals surface area contributed by atoms with Crippen molar-refractivity contribution in [2.45, 2.75) is 52.7 Å². The Morgan fingerprint density at radius 2 is 2.11 bits per heavy atom. The fraction of sp³-hybridized carbons (Fsp3) is 0.688. The second kappa shape index (κ2) is 6.90. The van der Waals surface area contributed by atoms with Gasteiger partial charge in [-0.2, -0.15) is 0 Å². The average Bonchev–Trinajstić information content (AvgIpc) is 2.41. The molecule has 1 aliphatic carbocycles. The second-order valence-corrected chi connectivity index (χ2v) is 5.75. The van der Waals surface area contributed by atoms with Gasteiger partial charge in [0.2, 0.25) is 0 Å². The van der Waals surface area contributed by atoms with Gasteiger partial charge in [0.1, 0.15) is 5.82 Å². The smallest absolute Gasteiger partial charge is 0.126 e. The summed E-state index contributed by atoms with van der Waals surface area (Å²) in [5, 5.41) is 3.23. The monoisotopic (exact) mass is 262 g/mol. The third-order valence-corrected chi connectivity index (χ3v) is 4.18. The van der Waals surface area contributed by atoms with E-state index in [1.807, 2.05) is 18.2 Å². The lowest BCUT2D eigenvalue weighted by atomic mass is 9.80. The minimum absolute atomic E-state index is 0.413. The van der Waals surface area contributed by atoms with Crippen molar-refractivity contribution in [1.82, 2.24) is 4.98 Å². The van der Waals surface area contributed by atoms with Gasteiger partial charge in [-0.05, 0) is 50.2 Å². The largest absolute Gasteiger partial charge is 0.372 e. The maximum Gasteiger partial charge on any atom is 0.126 e. The van der Waals surface area contributed by atoms with Gasteiger partial charge < -0.3 is 10.1 Å². The van der Waals surface area contributed by atoms with Gasteiger partial charge in [0.15, 0.2) is 0 Å². The molecule has 1 saturated carbocycles. The van der Waals surface area contributed by atoms with E-state index in [0.29, 0.717) is 12.7 Å². The summed E-state index contributed by atoms with van der Waals surface area (Å²) in [5.74, 6) is 2.56. The molecule has 0 bridgehead atoms. The van der Waals surface area contributed by atoms with Crippen LogP contribution in [0.2, 0.25) is 0 Å². The molecule has 1 aliphatic rings. The lowest BCUT2D eigenvalue weighted by Crippen LogP contribution is -2.26. The summed E-state index contributed by atoms with van der Waals surface area (Å²) in [4.78, 5) is 4.54. The Morgan fingerprint density at radius 3 is 2.84 bits per heavy atom. The minimum atomic E-state index is 0.413. The normalized spacial score (nSPS) is 27.2. The van der Waals surface area contributed by atoms with E-state index in [4.69, 9.17) is 4.74 Å². The van der Waals surface area contributed by atoms with Crippen molar-refractivity contribution in [2.75, 3.05) is 11.9 Å². The van der Waals surface area contributed by atoms with Gasteiger partial charge >= 0.3 is 0 Å². The highest BCUT2D eigenvalue weighted by Crippen LogP contribution is 2.31. The van der Waals surface area contributed by atoms with Crippen LogP contribution in [0.3, 0.4) is 0 Å². The number of anilines is 1. The number of aromatic nitrogens is 1. The average molecular weight is 262 g/mol. The Hall–Kier alpha value is -1.09. The fourth-order valence-corrected chi connectivity index (χ4v) is 2.69. The number of hydrogen-bond donors (Lipinski definition) is 1. The van der Waals surface area contributed by atoms with Crippen LogP contribution in [0, 0.1) is 11.8 Å². The molecule has 2 rings (SSSR count). The first-order valence-corrected chi connectivity index (χ1v) is 7.50. The van der Waals surface area contributed by atoms with E-state index in [-0.39, 0.29) is 0 Å². The zero-order valence-electron chi connectivity index (χ0n) is 12.4. The zero-order valence-corrected chi connectivity index (χ0v) is 12.4. The molecule has 3 nitrogen and oxygen atoms in total. The van der Waals surface area contributed by atoms with Gasteiger partial charge in [0, 0.05) is 6.54 Å². The molecule has 19 heavy (non-hydrogen) atoms. The topological polar surface area (TPSA) is 34.1 Å². The first-order chi connectivity index (χ1) is 9.19. The molecule has 1 heterocycles. The van der Waals surface area contributed by atoms with E-state index < -0.39 is 0 Å².